The molecule has 1 aromatic carbocycles. The number of rotatable bonds is 5. The van der Waals surface area contributed by atoms with E-state index in [0.29, 0.717) is 10.6 Å². The molecule has 0 fully saturated rings. The smallest absolute Gasteiger partial charge is 0.252 e. The van der Waals surface area contributed by atoms with E-state index in [1.54, 1.807) is 24.3 Å². The topological polar surface area (TPSA) is 58.6 Å². The Morgan fingerprint density at radius 2 is 2.25 bits per heavy atom. The van der Waals surface area contributed by atoms with Crippen molar-refractivity contribution in [1.29, 1.82) is 0 Å². The van der Waals surface area contributed by atoms with E-state index < -0.39 is 6.10 Å². The summed E-state index contributed by atoms with van der Waals surface area (Å²) < 4.78 is 4.74. The molecule has 5 heteroatoms. The van der Waals surface area contributed by atoms with E-state index in [0.717, 1.165) is 0 Å². The fraction of sp³-hybridized carbons (Fsp3) is 0.364. The van der Waals surface area contributed by atoms with Crippen molar-refractivity contribution in [3.63, 3.8) is 0 Å². The molecule has 2 N–H and O–H groups in total. The van der Waals surface area contributed by atoms with Crippen LogP contribution in [-0.2, 0) is 4.74 Å². The van der Waals surface area contributed by atoms with Gasteiger partial charge >= 0.3 is 0 Å². The van der Waals surface area contributed by atoms with E-state index in [1.165, 1.54) is 7.11 Å². The summed E-state index contributed by atoms with van der Waals surface area (Å²) in [6.45, 7) is 0.320. The maximum absolute atomic E-state index is 11.6. The Kier molecular flexibility index (Phi) is 5.25. The van der Waals surface area contributed by atoms with Gasteiger partial charge in [-0.3, -0.25) is 4.79 Å². The highest BCUT2D eigenvalue weighted by molar-refractivity contribution is 6.33. The molecular weight excluding hydrogens is 230 g/mol. The summed E-state index contributed by atoms with van der Waals surface area (Å²) in [7, 11) is 1.49. The second-order valence-corrected chi connectivity index (χ2v) is 3.71. The highest BCUT2D eigenvalue weighted by Gasteiger charge is 2.11. The highest BCUT2D eigenvalue weighted by Crippen LogP contribution is 2.14. The van der Waals surface area contributed by atoms with Crippen LogP contribution in [0.5, 0.6) is 0 Å². The SMILES string of the molecule is COCC(O)CNC(=O)c1ccccc1Cl. The zero-order valence-corrected chi connectivity index (χ0v) is 9.70. The lowest BCUT2D eigenvalue weighted by molar-refractivity contribution is 0.0610. The minimum absolute atomic E-state index is 0.137. The van der Waals surface area contributed by atoms with E-state index in [9.17, 15) is 9.90 Å². The van der Waals surface area contributed by atoms with Gasteiger partial charge in [-0.1, -0.05) is 23.7 Å². The first-order valence-corrected chi connectivity index (χ1v) is 5.22. The van der Waals surface area contributed by atoms with Crippen molar-refractivity contribution in [2.75, 3.05) is 20.3 Å². The number of carbonyl (C=O) groups is 1. The summed E-state index contributed by atoms with van der Waals surface area (Å²) in [4.78, 5) is 11.6. The third-order valence-electron chi connectivity index (χ3n) is 1.98. The lowest BCUT2D eigenvalue weighted by atomic mass is 10.2. The molecule has 0 saturated carbocycles. The molecule has 0 bridgehead atoms. The van der Waals surface area contributed by atoms with Gasteiger partial charge < -0.3 is 15.2 Å². The number of nitrogens with one attached hydrogen (secondary N) is 1. The van der Waals surface area contributed by atoms with Crippen molar-refractivity contribution in [2.24, 2.45) is 0 Å². The number of carbonyl (C=O) groups excluding carboxylic acids is 1. The molecule has 16 heavy (non-hydrogen) atoms. The van der Waals surface area contributed by atoms with E-state index in [2.05, 4.69) is 5.32 Å². The number of hydrogen-bond donors (Lipinski definition) is 2. The normalized spacial score (nSPS) is 12.2. The average molecular weight is 244 g/mol. The monoisotopic (exact) mass is 243 g/mol. The largest absolute Gasteiger partial charge is 0.389 e. The Bertz CT molecular complexity index is 357. The first kappa shape index (κ1) is 13.0. The maximum Gasteiger partial charge on any atom is 0.252 e. The summed E-state index contributed by atoms with van der Waals surface area (Å²) in [6.07, 6.45) is -0.712. The maximum atomic E-state index is 11.6. The zero-order valence-electron chi connectivity index (χ0n) is 8.94. The molecule has 0 aliphatic carbocycles. The molecular formula is C11H14ClNO3. The van der Waals surface area contributed by atoms with Gasteiger partial charge in [-0.2, -0.15) is 0 Å². The van der Waals surface area contributed by atoms with Gasteiger partial charge in [0.2, 0.25) is 0 Å². The van der Waals surface area contributed by atoms with Crippen LogP contribution in [0.25, 0.3) is 0 Å². The van der Waals surface area contributed by atoms with Crippen LogP contribution < -0.4 is 5.32 Å². The summed E-state index contributed by atoms with van der Waals surface area (Å²) in [5, 5.41) is 12.3. The molecule has 1 atom stereocenters. The standard InChI is InChI=1S/C11H14ClNO3/c1-16-7-8(14)6-13-11(15)9-4-2-3-5-10(9)12/h2-5,8,14H,6-7H2,1H3,(H,13,15). The number of hydrogen-bond acceptors (Lipinski definition) is 3. The van der Waals surface area contributed by atoms with Gasteiger partial charge in [0.1, 0.15) is 0 Å². The summed E-state index contributed by atoms with van der Waals surface area (Å²) in [5.41, 5.74) is 0.397. The number of benzene rings is 1. The van der Waals surface area contributed by atoms with Crippen molar-refractivity contribution in [1.82, 2.24) is 5.32 Å². The number of ether oxygens (including phenoxy) is 1. The lowest BCUT2D eigenvalue weighted by Gasteiger charge is -2.11. The summed E-state index contributed by atoms with van der Waals surface area (Å²) >= 11 is 5.85. The van der Waals surface area contributed by atoms with Crippen LogP contribution in [0.4, 0.5) is 0 Å². The third-order valence-corrected chi connectivity index (χ3v) is 2.31. The quantitative estimate of drug-likeness (QED) is 0.814. The molecule has 4 nitrogen and oxygen atoms in total. The van der Waals surface area contributed by atoms with Gasteiger partial charge in [-0.25, -0.2) is 0 Å². The molecule has 1 unspecified atom stereocenters. The molecule has 88 valence electrons. The van der Waals surface area contributed by atoms with E-state index in [1.807, 2.05) is 0 Å². The van der Waals surface area contributed by atoms with E-state index in [-0.39, 0.29) is 19.1 Å². The van der Waals surface area contributed by atoms with Crippen LogP contribution in [0.2, 0.25) is 5.02 Å². The first-order valence-electron chi connectivity index (χ1n) is 4.85. The number of aliphatic hydroxyl groups excluding tert-OH is 1. The third kappa shape index (κ3) is 3.81. The molecule has 0 aliphatic rings. The first-order chi connectivity index (χ1) is 7.65. The van der Waals surface area contributed by atoms with Crippen molar-refractivity contribution >= 4 is 17.5 Å². The fourth-order valence-corrected chi connectivity index (χ4v) is 1.42. The molecule has 0 aromatic heterocycles. The minimum atomic E-state index is -0.712. The molecule has 1 rings (SSSR count). The molecule has 0 spiro atoms. The van der Waals surface area contributed by atoms with E-state index >= 15 is 0 Å². The Balaban J connectivity index is 2.50. The average Bonchev–Trinajstić information content (AvgIpc) is 2.27. The minimum Gasteiger partial charge on any atom is -0.389 e. The summed E-state index contributed by atoms with van der Waals surface area (Å²) in [6, 6.07) is 6.74. The van der Waals surface area contributed by atoms with Crippen LogP contribution >= 0.6 is 11.6 Å². The fourth-order valence-electron chi connectivity index (χ4n) is 1.20. The zero-order chi connectivity index (χ0) is 12.0. The van der Waals surface area contributed by atoms with Gasteiger partial charge in [0.15, 0.2) is 0 Å². The molecule has 1 aromatic rings. The molecule has 0 saturated heterocycles. The van der Waals surface area contributed by atoms with Gasteiger partial charge in [0.25, 0.3) is 5.91 Å². The number of methoxy groups -OCH3 is 1. The van der Waals surface area contributed by atoms with Crippen molar-refractivity contribution in [2.45, 2.75) is 6.10 Å². The molecule has 1 amide bonds. The second-order valence-electron chi connectivity index (χ2n) is 3.30. The van der Waals surface area contributed by atoms with Crippen LogP contribution in [0.3, 0.4) is 0 Å². The number of aliphatic hydroxyl groups is 1. The predicted octanol–water partition coefficient (Wildman–Crippen LogP) is 1.08. The van der Waals surface area contributed by atoms with Crippen molar-refractivity contribution in [3.05, 3.63) is 34.9 Å². The summed E-state index contributed by atoms with van der Waals surface area (Å²) in [5.74, 6) is -0.305. The van der Waals surface area contributed by atoms with Gasteiger partial charge in [0, 0.05) is 13.7 Å². The molecule has 0 aliphatic heterocycles. The van der Waals surface area contributed by atoms with Crippen molar-refractivity contribution in [3.8, 4) is 0 Å². The lowest BCUT2D eigenvalue weighted by Crippen LogP contribution is -2.34. The Morgan fingerprint density at radius 1 is 1.56 bits per heavy atom. The van der Waals surface area contributed by atoms with E-state index in [4.69, 9.17) is 16.3 Å². The van der Waals surface area contributed by atoms with Crippen LogP contribution in [0.15, 0.2) is 24.3 Å². The van der Waals surface area contributed by atoms with Gasteiger partial charge in [0.05, 0.1) is 23.3 Å². The Hall–Kier alpha value is -1.10. The van der Waals surface area contributed by atoms with Gasteiger partial charge in [-0.15, -0.1) is 0 Å². The number of halogens is 1. The van der Waals surface area contributed by atoms with Gasteiger partial charge in [-0.05, 0) is 12.1 Å². The second kappa shape index (κ2) is 6.48. The van der Waals surface area contributed by atoms with Crippen LogP contribution in [0.1, 0.15) is 10.4 Å². The van der Waals surface area contributed by atoms with Crippen LogP contribution in [-0.4, -0.2) is 37.4 Å². The number of amides is 1. The highest BCUT2D eigenvalue weighted by atomic mass is 35.5. The Labute approximate surface area is 99.2 Å². The molecule has 0 heterocycles. The Morgan fingerprint density at radius 3 is 2.88 bits per heavy atom. The van der Waals surface area contributed by atoms with Crippen LogP contribution in [0, 0.1) is 0 Å². The molecule has 0 radical (unpaired) electrons. The predicted molar refractivity (Wildman–Crippen MR) is 61.7 cm³/mol. The van der Waals surface area contributed by atoms with Crippen molar-refractivity contribution < 1.29 is 14.6 Å².